The fourth-order valence-electron chi connectivity index (χ4n) is 6.80. The predicted octanol–water partition coefficient (Wildman–Crippen LogP) is 1.37. The maximum Gasteiger partial charge on any atom is 0.291 e. The van der Waals surface area contributed by atoms with Gasteiger partial charge in [-0.25, -0.2) is 0 Å². The highest BCUT2D eigenvalue weighted by Crippen LogP contribution is 2.50. The molecule has 2 aromatic rings. The lowest BCUT2D eigenvalue weighted by Crippen LogP contribution is -2.99. The molecule has 4 aliphatic rings. The number of carbonyl (C=O) groups excluding carboxylic acids is 3. The Morgan fingerprint density at radius 3 is 2.50 bits per heavy atom. The molecule has 0 aromatic heterocycles. The minimum Gasteiger partial charge on any atom is -0.504 e. The number of para-hydroxylation sites is 1. The molecule has 1 spiro atoms. The van der Waals surface area contributed by atoms with Crippen LogP contribution in [0.15, 0.2) is 42.5 Å². The Morgan fingerprint density at radius 2 is 1.74 bits per heavy atom. The van der Waals surface area contributed by atoms with Crippen molar-refractivity contribution >= 4 is 23.4 Å². The smallest absolute Gasteiger partial charge is 0.291 e. The van der Waals surface area contributed by atoms with Gasteiger partial charge in [0.2, 0.25) is 17.4 Å². The summed E-state index contributed by atoms with van der Waals surface area (Å²) in [6.45, 7) is 0. The van der Waals surface area contributed by atoms with Gasteiger partial charge in [0.15, 0.2) is 11.5 Å². The fraction of sp³-hybridized carbons (Fsp3) is 0.423. The quantitative estimate of drug-likeness (QED) is 0.405. The minimum atomic E-state index is -1.19. The van der Waals surface area contributed by atoms with Crippen molar-refractivity contribution in [2.45, 2.75) is 56.1 Å². The van der Waals surface area contributed by atoms with Crippen LogP contribution in [0.2, 0.25) is 0 Å². The van der Waals surface area contributed by atoms with Crippen molar-refractivity contribution in [3.63, 3.8) is 0 Å². The maximum atomic E-state index is 13.9. The Morgan fingerprint density at radius 1 is 0.971 bits per heavy atom. The van der Waals surface area contributed by atoms with Crippen LogP contribution in [0, 0.1) is 11.8 Å². The molecule has 1 aliphatic carbocycles. The van der Waals surface area contributed by atoms with Gasteiger partial charge in [0.05, 0.1) is 5.69 Å². The van der Waals surface area contributed by atoms with Crippen molar-refractivity contribution in [1.29, 1.82) is 0 Å². The number of quaternary nitrogens is 1. The molecule has 8 heteroatoms. The van der Waals surface area contributed by atoms with Gasteiger partial charge >= 0.3 is 0 Å². The SMILES string of the molecule is O=C1[C@H]2[C@@H](C(=O)N1C1CCCCC1)[C@@]1([NH2+][C@@H]2Cc2ccc(O)c(O)c2)C(=O)Nc2ccccc21. The molecule has 6 rings (SSSR count). The maximum absolute atomic E-state index is 13.9. The summed E-state index contributed by atoms with van der Waals surface area (Å²) < 4.78 is 0. The fourth-order valence-corrected chi connectivity index (χ4v) is 6.80. The Kier molecular flexibility index (Phi) is 4.71. The van der Waals surface area contributed by atoms with Gasteiger partial charge in [-0.15, -0.1) is 0 Å². The van der Waals surface area contributed by atoms with E-state index >= 15 is 0 Å². The molecule has 34 heavy (non-hydrogen) atoms. The van der Waals surface area contributed by atoms with Crippen LogP contribution in [0.3, 0.4) is 0 Å². The summed E-state index contributed by atoms with van der Waals surface area (Å²) in [6, 6.07) is 11.5. The Bertz CT molecular complexity index is 1210. The van der Waals surface area contributed by atoms with Crippen LogP contribution in [0.4, 0.5) is 5.69 Å². The first kappa shape index (κ1) is 21.2. The minimum absolute atomic E-state index is 0.102. The molecule has 4 atom stereocenters. The third-order valence-electron chi connectivity index (χ3n) is 8.26. The summed E-state index contributed by atoms with van der Waals surface area (Å²) >= 11 is 0. The molecule has 2 aromatic carbocycles. The molecule has 0 unspecified atom stereocenters. The molecule has 176 valence electrons. The number of aromatic hydroxyl groups is 2. The van der Waals surface area contributed by atoms with E-state index in [9.17, 15) is 24.6 Å². The molecule has 1 saturated carbocycles. The number of phenolic OH excluding ortho intramolecular Hbond substituents is 2. The molecule has 5 N–H and O–H groups in total. The number of rotatable bonds is 3. The van der Waals surface area contributed by atoms with E-state index in [-0.39, 0.29) is 41.3 Å². The van der Waals surface area contributed by atoms with Gasteiger partial charge in [0, 0.05) is 18.0 Å². The number of anilines is 1. The van der Waals surface area contributed by atoms with Crippen molar-refractivity contribution < 1.29 is 29.9 Å². The number of phenols is 2. The van der Waals surface area contributed by atoms with E-state index in [0.717, 1.165) is 43.2 Å². The molecule has 0 radical (unpaired) electrons. The average molecular weight is 463 g/mol. The Balaban J connectivity index is 1.45. The van der Waals surface area contributed by atoms with Crippen LogP contribution in [-0.2, 0) is 26.3 Å². The molecule has 3 heterocycles. The van der Waals surface area contributed by atoms with E-state index in [2.05, 4.69) is 5.32 Å². The van der Waals surface area contributed by atoms with Crippen molar-refractivity contribution in [2.24, 2.45) is 11.8 Å². The molecular formula is C26H28N3O5+. The molecule has 0 bridgehead atoms. The zero-order valence-corrected chi connectivity index (χ0v) is 18.7. The number of imide groups is 1. The standard InChI is InChI=1S/C26H27N3O5/c30-19-11-10-14(13-20(19)31)12-18-21-22(24(33)29(23(21)32)15-6-2-1-3-7-15)26(28-18)16-8-4-5-9-17(16)27-25(26)34/h4-5,8-11,13,15,18,21-22,28,30-31H,1-3,6-7,12H2,(H,27,34)/p+1/t18-,21-,22+,26-/m1/s1. The van der Waals surface area contributed by atoms with Crippen molar-refractivity contribution in [1.82, 2.24) is 4.90 Å². The molecule has 2 saturated heterocycles. The summed E-state index contributed by atoms with van der Waals surface area (Å²) in [5.74, 6) is -2.53. The normalized spacial score (nSPS) is 30.6. The van der Waals surface area contributed by atoms with Gasteiger partial charge in [0.25, 0.3) is 5.91 Å². The number of nitrogens with zero attached hydrogens (tertiary/aromatic N) is 1. The summed E-state index contributed by atoms with van der Waals surface area (Å²) in [5.41, 5.74) is 0.969. The number of nitrogens with one attached hydrogen (secondary N) is 1. The highest BCUT2D eigenvalue weighted by molar-refractivity contribution is 6.14. The van der Waals surface area contributed by atoms with E-state index < -0.39 is 17.4 Å². The Hall–Kier alpha value is -3.39. The van der Waals surface area contributed by atoms with Crippen molar-refractivity contribution in [2.75, 3.05) is 5.32 Å². The third kappa shape index (κ3) is 2.84. The largest absolute Gasteiger partial charge is 0.504 e. The molecule has 3 amide bonds. The van der Waals surface area contributed by atoms with Crippen LogP contribution < -0.4 is 10.6 Å². The number of likely N-dealkylation sites (tertiary alicyclic amines) is 1. The van der Waals surface area contributed by atoms with Crippen LogP contribution in [0.5, 0.6) is 11.5 Å². The molecule has 8 nitrogen and oxygen atoms in total. The van der Waals surface area contributed by atoms with Crippen LogP contribution >= 0.6 is 0 Å². The molecule has 3 fully saturated rings. The third-order valence-corrected chi connectivity index (χ3v) is 8.26. The first-order valence-electron chi connectivity index (χ1n) is 12.1. The number of amides is 3. The summed E-state index contributed by atoms with van der Waals surface area (Å²) in [7, 11) is 0. The topological polar surface area (TPSA) is 124 Å². The number of hydrogen-bond donors (Lipinski definition) is 4. The second-order valence-corrected chi connectivity index (χ2v) is 10.1. The lowest BCUT2D eigenvalue weighted by molar-refractivity contribution is -0.733. The monoisotopic (exact) mass is 462 g/mol. The second-order valence-electron chi connectivity index (χ2n) is 10.1. The van der Waals surface area contributed by atoms with Crippen LogP contribution in [-0.4, -0.2) is 44.9 Å². The van der Waals surface area contributed by atoms with E-state index in [1.807, 2.05) is 29.6 Å². The van der Waals surface area contributed by atoms with E-state index in [1.54, 1.807) is 6.07 Å². The van der Waals surface area contributed by atoms with Gasteiger partial charge < -0.3 is 20.8 Å². The Labute approximate surface area is 197 Å². The van der Waals surface area contributed by atoms with E-state index in [0.29, 0.717) is 12.1 Å². The second kappa shape index (κ2) is 7.56. The number of benzene rings is 2. The summed E-state index contributed by atoms with van der Waals surface area (Å²) in [5, 5.41) is 24.5. The van der Waals surface area contributed by atoms with Crippen LogP contribution in [0.25, 0.3) is 0 Å². The predicted molar refractivity (Wildman–Crippen MR) is 122 cm³/mol. The highest BCUT2D eigenvalue weighted by atomic mass is 16.3. The zero-order valence-electron chi connectivity index (χ0n) is 18.7. The van der Waals surface area contributed by atoms with E-state index in [4.69, 9.17) is 0 Å². The zero-order chi connectivity index (χ0) is 23.6. The highest BCUT2D eigenvalue weighted by Gasteiger charge is 2.74. The molecular weight excluding hydrogens is 434 g/mol. The summed E-state index contributed by atoms with van der Waals surface area (Å²) in [6.07, 6.45) is 5.10. The number of nitrogens with two attached hydrogens (primary N) is 1. The van der Waals surface area contributed by atoms with Gasteiger partial charge in [0.1, 0.15) is 17.9 Å². The number of hydrogen-bond acceptors (Lipinski definition) is 5. The van der Waals surface area contributed by atoms with Gasteiger partial charge in [-0.1, -0.05) is 43.5 Å². The first-order valence-corrected chi connectivity index (χ1v) is 12.1. The van der Waals surface area contributed by atoms with Crippen molar-refractivity contribution in [3.8, 4) is 11.5 Å². The van der Waals surface area contributed by atoms with Gasteiger partial charge in [-0.3, -0.25) is 19.3 Å². The molecule has 3 aliphatic heterocycles. The first-order chi connectivity index (χ1) is 16.4. The van der Waals surface area contributed by atoms with Crippen LogP contribution in [0.1, 0.15) is 43.2 Å². The average Bonchev–Trinajstić information content (AvgIpc) is 3.41. The lowest BCUT2D eigenvalue weighted by atomic mass is 9.76. The van der Waals surface area contributed by atoms with E-state index in [1.165, 1.54) is 17.0 Å². The van der Waals surface area contributed by atoms with Crippen molar-refractivity contribution in [3.05, 3.63) is 53.6 Å². The summed E-state index contributed by atoms with van der Waals surface area (Å²) in [4.78, 5) is 42.8. The van der Waals surface area contributed by atoms with Gasteiger partial charge in [-0.05, 0) is 36.6 Å². The number of fused-ring (bicyclic) bond motifs is 4. The van der Waals surface area contributed by atoms with Gasteiger partial charge in [-0.2, -0.15) is 0 Å². The number of carbonyl (C=O) groups is 3. The lowest BCUT2D eigenvalue weighted by Gasteiger charge is -2.32.